The second kappa shape index (κ2) is 6.49. The molecule has 1 nitrogen and oxygen atoms in total. The van der Waals surface area contributed by atoms with E-state index in [0.717, 1.165) is 6.42 Å². The van der Waals surface area contributed by atoms with Crippen molar-refractivity contribution < 1.29 is 0 Å². The van der Waals surface area contributed by atoms with E-state index in [9.17, 15) is 0 Å². The van der Waals surface area contributed by atoms with Gasteiger partial charge in [0.25, 0.3) is 0 Å². The van der Waals surface area contributed by atoms with E-state index in [-0.39, 0.29) is 11.5 Å². The van der Waals surface area contributed by atoms with E-state index in [2.05, 4.69) is 92.8 Å². The zero-order valence-electron chi connectivity index (χ0n) is 13.3. The van der Waals surface area contributed by atoms with Crippen LogP contribution in [0.3, 0.4) is 0 Å². The van der Waals surface area contributed by atoms with Gasteiger partial charge >= 0.3 is 0 Å². The Morgan fingerprint density at radius 3 is 2.24 bits per heavy atom. The Bertz CT molecular complexity index is 608. The van der Waals surface area contributed by atoms with E-state index in [0.29, 0.717) is 0 Å². The van der Waals surface area contributed by atoms with E-state index < -0.39 is 0 Å². The molecule has 0 aliphatic heterocycles. The maximum absolute atomic E-state index is 6.42. The molecule has 1 atom stereocenters. The largest absolute Gasteiger partial charge is 0.324 e. The lowest BCUT2D eigenvalue weighted by Gasteiger charge is -2.20. The van der Waals surface area contributed by atoms with Crippen LogP contribution in [0.1, 0.15) is 49.1 Å². The molecule has 0 aliphatic carbocycles. The van der Waals surface area contributed by atoms with Crippen LogP contribution >= 0.6 is 22.6 Å². The van der Waals surface area contributed by atoms with E-state index in [1.807, 2.05) is 0 Å². The second-order valence-corrected chi connectivity index (χ2v) is 7.81. The smallest absolute Gasteiger partial charge is 0.0346 e. The lowest BCUT2D eigenvalue weighted by molar-refractivity contribution is 0.589. The Hall–Kier alpha value is -0.870. The molecule has 0 heterocycles. The van der Waals surface area contributed by atoms with Crippen LogP contribution in [0.5, 0.6) is 0 Å². The van der Waals surface area contributed by atoms with Crippen molar-refractivity contribution in [3.05, 3.63) is 68.3 Å². The maximum Gasteiger partial charge on any atom is 0.0346 e. The Labute approximate surface area is 142 Å². The number of halogens is 1. The summed E-state index contributed by atoms with van der Waals surface area (Å²) in [5.74, 6) is 0. The van der Waals surface area contributed by atoms with Crippen LogP contribution < -0.4 is 5.73 Å². The molecule has 1 unspecified atom stereocenters. The van der Waals surface area contributed by atoms with Crippen molar-refractivity contribution in [3.8, 4) is 0 Å². The lowest BCUT2D eigenvalue weighted by atomic mass is 9.86. The molecule has 0 saturated carbocycles. The highest BCUT2D eigenvalue weighted by Gasteiger charge is 2.15. The van der Waals surface area contributed by atoms with Gasteiger partial charge in [-0.05, 0) is 63.6 Å². The van der Waals surface area contributed by atoms with Crippen molar-refractivity contribution in [1.29, 1.82) is 0 Å². The lowest BCUT2D eigenvalue weighted by Crippen LogP contribution is -2.16. The highest BCUT2D eigenvalue weighted by atomic mass is 127. The minimum absolute atomic E-state index is 0.0530. The van der Waals surface area contributed by atoms with Gasteiger partial charge in [0.2, 0.25) is 0 Å². The molecule has 21 heavy (non-hydrogen) atoms. The highest BCUT2D eigenvalue weighted by Crippen LogP contribution is 2.26. The van der Waals surface area contributed by atoms with Gasteiger partial charge in [0.05, 0.1) is 0 Å². The zero-order valence-corrected chi connectivity index (χ0v) is 15.4. The molecule has 0 aliphatic rings. The molecular weight excluding hydrogens is 369 g/mol. The SMILES string of the molecule is Cc1cccc(C(N)Cc2ccc(C(C)(C)C)cc2)c1I. The molecule has 2 heteroatoms. The molecule has 0 radical (unpaired) electrons. The van der Waals surface area contributed by atoms with Crippen LogP contribution in [0.4, 0.5) is 0 Å². The minimum atomic E-state index is 0.0530. The first-order chi connectivity index (χ1) is 9.79. The quantitative estimate of drug-likeness (QED) is 0.718. The predicted molar refractivity (Wildman–Crippen MR) is 99.7 cm³/mol. The van der Waals surface area contributed by atoms with Crippen LogP contribution in [0, 0.1) is 10.5 Å². The fourth-order valence-electron chi connectivity index (χ4n) is 2.46. The first-order valence-corrected chi connectivity index (χ1v) is 8.47. The summed E-state index contributed by atoms with van der Waals surface area (Å²) in [6.45, 7) is 8.85. The normalized spacial score (nSPS) is 13.2. The third-order valence-corrected chi connectivity index (χ3v) is 5.37. The number of aryl methyl sites for hydroxylation is 1. The molecule has 0 saturated heterocycles. The molecule has 2 aromatic rings. The van der Waals surface area contributed by atoms with Gasteiger partial charge in [0.1, 0.15) is 0 Å². The Morgan fingerprint density at radius 1 is 1.05 bits per heavy atom. The van der Waals surface area contributed by atoms with E-state index in [1.54, 1.807) is 0 Å². The van der Waals surface area contributed by atoms with Gasteiger partial charge in [-0.1, -0.05) is 63.2 Å². The second-order valence-electron chi connectivity index (χ2n) is 6.74. The summed E-state index contributed by atoms with van der Waals surface area (Å²) in [4.78, 5) is 0. The molecule has 0 aromatic heterocycles. The van der Waals surface area contributed by atoms with Gasteiger partial charge in [-0.15, -0.1) is 0 Å². The third kappa shape index (κ3) is 4.07. The van der Waals surface area contributed by atoms with Crippen molar-refractivity contribution in [2.24, 2.45) is 5.73 Å². The summed E-state index contributed by atoms with van der Waals surface area (Å²) in [5, 5.41) is 0. The fraction of sp³-hybridized carbons (Fsp3) is 0.368. The summed E-state index contributed by atoms with van der Waals surface area (Å²) in [6, 6.07) is 15.3. The number of hydrogen-bond donors (Lipinski definition) is 1. The van der Waals surface area contributed by atoms with Crippen LogP contribution in [-0.4, -0.2) is 0 Å². The molecule has 2 aromatic carbocycles. The first kappa shape index (κ1) is 16.5. The van der Waals surface area contributed by atoms with Crippen molar-refractivity contribution in [2.45, 2.75) is 45.6 Å². The molecular formula is C19H24IN. The Kier molecular flexibility index (Phi) is 5.10. The molecule has 0 spiro atoms. The summed E-state index contributed by atoms with van der Waals surface area (Å²) in [7, 11) is 0. The van der Waals surface area contributed by atoms with Crippen LogP contribution in [0.15, 0.2) is 42.5 Å². The maximum atomic E-state index is 6.42. The molecule has 2 N–H and O–H groups in total. The van der Waals surface area contributed by atoms with Gasteiger partial charge in [0.15, 0.2) is 0 Å². The molecule has 112 valence electrons. The summed E-state index contributed by atoms with van der Waals surface area (Å²) >= 11 is 2.40. The van der Waals surface area contributed by atoms with Gasteiger partial charge < -0.3 is 5.73 Å². The van der Waals surface area contributed by atoms with Crippen molar-refractivity contribution in [3.63, 3.8) is 0 Å². The van der Waals surface area contributed by atoms with Crippen LogP contribution in [-0.2, 0) is 11.8 Å². The standard InChI is InChI=1S/C19H24IN/c1-13-6-5-7-16(18(13)20)17(21)12-14-8-10-15(11-9-14)19(2,3)4/h5-11,17H,12,21H2,1-4H3. The first-order valence-electron chi connectivity index (χ1n) is 7.39. The van der Waals surface area contributed by atoms with Crippen LogP contribution in [0.2, 0.25) is 0 Å². The number of benzene rings is 2. The monoisotopic (exact) mass is 393 g/mol. The topological polar surface area (TPSA) is 26.0 Å². The number of nitrogens with two attached hydrogens (primary N) is 1. The Morgan fingerprint density at radius 2 is 1.67 bits per heavy atom. The summed E-state index contributed by atoms with van der Waals surface area (Å²) < 4.78 is 1.29. The average molecular weight is 393 g/mol. The fourth-order valence-corrected chi connectivity index (χ4v) is 3.22. The van der Waals surface area contributed by atoms with Crippen molar-refractivity contribution >= 4 is 22.6 Å². The van der Waals surface area contributed by atoms with E-state index in [4.69, 9.17) is 5.73 Å². The molecule has 0 amide bonds. The van der Waals surface area contributed by atoms with Crippen molar-refractivity contribution in [1.82, 2.24) is 0 Å². The van der Waals surface area contributed by atoms with Gasteiger partial charge in [-0.2, -0.15) is 0 Å². The summed E-state index contributed by atoms with van der Waals surface area (Å²) in [5.41, 5.74) is 11.8. The summed E-state index contributed by atoms with van der Waals surface area (Å²) in [6.07, 6.45) is 0.879. The van der Waals surface area contributed by atoms with Crippen molar-refractivity contribution in [2.75, 3.05) is 0 Å². The molecule has 2 rings (SSSR count). The van der Waals surface area contributed by atoms with Gasteiger partial charge in [0, 0.05) is 9.61 Å². The van der Waals surface area contributed by atoms with Crippen LogP contribution in [0.25, 0.3) is 0 Å². The zero-order chi connectivity index (χ0) is 15.6. The molecule has 0 fully saturated rings. The van der Waals surface area contributed by atoms with E-state index >= 15 is 0 Å². The minimum Gasteiger partial charge on any atom is -0.324 e. The third-order valence-electron chi connectivity index (χ3n) is 3.90. The number of hydrogen-bond acceptors (Lipinski definition) is 1. The Balaban J connectivity index is 2.16. The number of rotatable bonds is 3. The highest BCUT2D eigenvalue weighted by molar-refractivity contribution is 14.1. The average Bonchev–Trinajstić information content (AvgIpc) is 2.41. The molecule has 0 bridgehead atoms. The van der Waals surface area contributed by atoms with E-state index in [1.165, 1.54) is 25.8 Å². The van der Waals surface area contributed by atoms with Gasteiger partial charge in [-0.3, -0.25) is 0 Å². The van der Waals surface area contributed by atoms with Gasteiger partial charge in [-0.25, -0.2) is 0 Å². The predicted octanol–water partition coefficient (Wildman–Crippen LogP) is 5.14.